The van der Waals surface area contributed by atoms with Crippen LogP contribution in [0.3, 0.4) is 0 Å². The summed E-state index contributed by atoms with van der Waals surface area (Å²) in [6.07, 6.45) is 8.52. The van der Waals surface area contributed by atoms with Crippen LogP contribution in [0.5, 0.6) is 5.75 Å². The zero-order valence-electron chi connectivity index (χ0n) is 16.0. The van der Waals surface area contributed by atoms with E-state index in [0.29, 0.717) is 17.8 Å². The van der Waals surface area contributed by atoms with Gasteiger partial charge in [-0.15, -0.1) is 0 Å². The van der Waals surface area contributed by atoms with Crippen molar-refractivity contribution in [3.05, 3.63) is 42.0 Å². The Kier molecular flexibility index (Phi) is 9.06. The third-order valence-corrected chi connectivity index (χ3v) is 4.96. The number of rotatable bonds is 10. The van der Waals surface area contributed by atoms with Crippen LogP contribution < -0.4 is 4.74 Å². The zero-order chi connectivity index (χ0) is 17.2. The Morgan fingerprint density at radius 3 is 2.22 bits per heavy atom. The molecule has 130 valence electrons. The molecule has 0 bridgehead atoms. The van der Waals surface area contributed by atoms with Gasteiger partial charge in [0, 0.05) is 0 Å². The third-order valence-electron chi connectivity index (χ3n) is 4.96. The van der Waals surface area contributed by atoms with E-state index < -0.39 is 0 Å². The molecule has 1 nitrogen and oxygen atoms in total. The normalized spacial score (nSPS) is 17.0. The molecule has 0 aliphatic heterocycles. The van der Waals surface area contributed by atoms with E-state index in [0.717, 1.165) is 18.3 Å². The van der Waals surface area contributed by atoms with Gasteiger partial charge in [-0.25, -0.2) is 0 Å². The van der Waals surface area contributed by atoms with E-state index in [2.05, 4.69) is 78.0 Å². The second kappa shape index (κ2) is 10.5. The smallest absolute Gasteiger partial charge is 0.119 e. The van der Waals surface area contributed by atoms with Gasteiger partial charge in [0.1, 0.15) is 5.75 Å². The molecule has 0 N–H and O–H groups in total. The first-order valence-corrected chi connectivity index (χ1v) is 9.30. The highest BCUT2D eigenvalue weighted by Gasteiger charge is 2.12. The molecule has 0 heterocycles. The third kappa shape index (κ3) is 8.25. The first-order chi connectivity index (χ1) is 10.9. The van der Waals surface area contributed by atoms with Gasteiger partial charge in [0.2, 0.25) is 0 Å². The van der Waals surface area contributed by atoms with Crippen molar-refractivity contribution >= 4 is 0 Å². The highest BCUT2D eigenvalue weighted by molar-refractivity contribution is 5.26. The Morgan fingerprint density at radius 1 is 0.957 bits per heavy atom. The summed E-state index contributed by atoms with van der Waals surface area (Å²) in [5.74, 6) is 3.68. The van der Waals surface area contributed by atoms with Gasteiger partial charge >= 0.3 is 0 Å². The molecule has 23 heavy (non-hydrogen) atoms. The van der Waals surface area contributed by atoms with Gasteiger partial charge in [-0.3, -0.25) is 0 Å². The molecular formula is C22H36O. The summed E-state index contributed by atoms with van der Waals surface area (Å²) >= 11 is 0. The molecule has 0 saturated carbocycles. The van der Waals surface area contributed by atoms with E-state index in [1.807, 2.05) is 0 Å². The van der Waals surface area contributed by atoms with Gasteiger partial charge in [0.25, 0.3) is 0 Å². The quantitative estimate of drug-likeness (QED) is 0.438. The fourth-order valence-corrected chi connectivity index (χ4v) is 2.46. The Morgan fingerprint density at radius 2 is 1.61 bits per heavy atom. The largest absolute Gasteiger partial charge is 0.493 e. The molecule has 4 atom stereocenters. The maximum atomic E-state index is 5.90. The summed E-state index contributed by atoms with van der Waals surface area (Å²) in [4.78, 5) is 0. The molecule has 0 fully saturated rings. The second-order valence-electron chi connectivity index (χ2n) is 7.41. The molecule has 0 saturated heterocycles. The molecule has 0 spiro atoms. The van der Waals surface area contributed by atoms with Crippen LogP contribution in [0.15, 0.2) is 36.4 Å². The first kappa shape index (κ1) is 19.8. The molecule has 4 unspecified atom stereocenters. The van der Waals surface area contributed by atoms with Crippen LogP contribution in [0.2, 0.25) is 0 Å². The van der Waals surface area contributed by atoms with Crippen LogP contribution in [-0.4, -0.2) is 6.61 Å². The van der Waals surface area contributed by atoms with E-state index in [-0.39, 0.29) is 0 Å². The molecule has 0 amide bonds. The molecular weight excluding hydrogens is 280 g/mol. The molecule has 1 aromatic carbocycles. The van der Waals surface area contributed by atoms with Crippen molar-refractivity contribution < 1.29 is 4.74 Å². The first-order valence-electron chi connectivity index (χ1n) is 9.30. The minimum atomic E-state index is 0.601. The Bertz CT molecular complexity index is 446. The highest BCUT2D eigenvalue weighted by Crippen LogP contribution is 2.22. The lowest BCUT2D eigenvalue weighted by Crippen LogP contribution is -2.12. The number of aryl methyl sites for hydroxylation is 1. The van der Waals surface area contributed by atoms with Crippen molar-refractivity contribution in [2.24, 2.45) is 23.7 Å². The van der Waals surface area contributed by atoms with Gasteiger partial charge < -0.3 is 4.74 Å². The van der Waals surface area contributed by atoms with Crippen LogP contribution in [0.25, 0.3) is 0 Å². The summed E-state index contributed by atoms with van der Waals surface area (Å²) in [6, 6.07) is 8.33. The number of ether oxygens (including phenoxy) is 1. The van der Waals surface area contributed by atoms with E-state index in [1.165, 1.54) is 24.8 Å². The number of hydrogen-bond donors (Lipinski definition) is 0. The lowest BCUT2D eigenvalue weighted by molar-refractivity contribution is 0.239. The summed E-state index contributed by atoms with van der Waals surface area (Å²) in [5.41, 5.74) is 1.28. The highest BCUT2D eigenvalue weighted by atomic mass is 16.5. The summed E-state index contributed by atoms with van der Waals surface area (Å²) in [5, 5.41) is 0. The van der Waals surface area contributed by atoms with Crippen LogP contribution in [0, 0.1) is 30.6 Å². The van der Waals surface area contributed by atoms with E-state index in [4.69, 9.17) is 4.74 Å². The Hall–Kier alpha value is -1.24. The average molecular weight is 317 g/mol. The van der Waals surface area contributed by atoms with Crippen molar-refractivity contribution in [3.8, 4) is 5.75 Å². The van der Waals surface area contributed by atoms with E-state index in [1.54, 1.807) is 0 Å². The molecule has 0 radical (unpaired) electrons. The van der Waals surface area contributed by atoms with Crippen molar-refractivity contribution in [1.82, 2.24) is 0 Å². The average Bonchev–Trinajstić information content (AvgIpc) is 2.56. The van der Waals surface area contributed by atoms with Crippen molar-refractivity contribution in [2.45, 2.75) is 60.8 Å². The SMILES string of the molecule is CCC(C)/C=C\C(C)C(C)CCC(C)COc1ccc(C)cc1. The molecule has 1 aromatic rings. The summed E-state index contributed by atoms with van der Waals surface area (Å²) in [6.45, 7) is 14.5. The van der Waals surface area contributed by atoms with E-state index >= 15 is 0 Å². The molecule has 1 heteroatoms. The fourth-order valence-electron chi connectivity index (χ4n) is 2.46. The minimum absolute atomic E-state index is 0.601. The maximum absolute atomic E-state index is 5.90. The Balaban J connectivity index is 2.27. The van der Waals surface area contributed by atoms with Crippen LogP contribution in [0.4, 0.5) is 0 Å². The van der Waals surface area contributed by atoms with Crippen molar-refractivity contribution in [1.29, 1.82) is 0 Å². The Labute approximate surface area is 144 Å². The molecule has 0 aliphatic carbocycles. The van der Waals surface area contributed by atoms with Gasteiger partial charge in [-0.2, -0.15) is 0 Å². The predicted octanol–water partition coefficient (Wildman–Crippen LogP) is 6.66. The van der Waals surface area contributed by atoms with Crippen molar-refractivity contribution in [3.63, 3.8) is 0 Å². The van der Waals surface area contributed by atoms with Crippen LogP contribution in [-0.2, 0) is 0 Å². The number of benzene rings is 1. The van der Waals surface area contributed by atoms with Gasteiger partial charge in [0.05, 0.1) is 6.61 Å². The summed E-state index contributed by atoms with van der Waals surface area (Å²) < 4.78 is 5.90. The van der Waals surface area contributed by atoms with E-state index in [9.17, 15) is 0 Å². The second-order valence-corrected chi connectivity index (χ2v) is 7.41. The standard InChI is InChI=1S/C22H36O/c1-7-17(2)8-12-20(5)21(6)13-9-19(4)16-23-22-14-10-18(3)11-15-22/h8,10-12,14-15,17,19-21H,7,9,13,16H2,1-6H3/b12-8-. The lowest BCUT2D eigenvalue weighted by atomic mass is 9.88. The monoisotopic (exact) mass is 316 g/mol. The van der Waals surface area contributed by atoms with Crippen LogP contribution >= 0.6 is 0 Å². The van der Waals surface area contributed by atoms with Gasteiger partial charge in [-0.1, -0.05) is 70.9 Å². The van der Waals surface area contributed by atoms with Gasteiger partial charge in [0.15, 0.2) is 0 Å². The van der Waals surface area contributed by atoms with Gasteiger partial charge in [-0.05, 0) is 55.6 Å². The fraction of sp³-hybridized carbons (Fsp3) is 0.636. The molecule has 0 aliphatic rings. The predicted molar refractivity (Wildman–Crippen MR) is 102 cm³/mol. The van der Waals surface area contributed by atoms with Crippen LogP contribution in [0.1, 0.15) is 59.4 Å². The molecule has 1 rings (SSSR count). The topological polar surface area (TPSA) is 9.23 Å². The summed E-state index contributed by atoms with van der Waals surface area (Å²) in [7, 11) is 0. The molecule has 0 aromatic heterocycles. The lowest BCUT2D eigenvalue weighted by Gasteiger charge is -2.20. The number of hydrogen-bond acceptors (Lipinski definition) is 1. The number of allylic oxidation sites excluding steroid dienone is 2. The van der Waals surface area contributed by atoms with Crippen molar-refractivity contribution in [2.75, 3.05) is 6.61 Å². The maximum Gasteiger partial charge on any atom is 0.119 e. The zero-order valence-corrected chi connectivity index (χ0v) is 16.0. The minimum Gasteiger partial charge on any atom is -0.493 e.